The maximum atomic E-state index is 13.1. The van der Waals surface area contributed by atoms with E-state index in [4.69, 9.17) is 23.7 Å². The summed E-state index contributed by atoms with van der Waals surface area (Å²) in [5, 5.41) is 23.9. The number of ether oxygens (including phenoxy) is 5. The van der Waals surface area contributed by atoms with E-state index < -0.39 is 82.5 Å². The fraction of sp³-hybridized carbons (Fsp3) is 0.733. The Labute approximate surface area is 240 Å². The molecule has 2 aliphatic heterocycles. The van der Waals surface area contributed by atoms with Gasteiger partial charge in [0.05, 0.1) is 6.10 Å². The van der Waals surface area contributed by atoms with Crippen LogP contribution in [0.4, 0.5) is 0 Å². The van der Waals surface area contributed by atoms with Gasteiger partial charge < -0.3 is 33.9 Å². The molecule has 4 aliphatic rings. The van der Waals surface area contributed by atoms with Crippen LogP contribution in [0, 0.1) is 11.3 Å². The fourth-order valence-electron chi connectivity index (χ4n) is 6.94. The molecule has 41 heavy (non-hydrogen) atoms. The summed E-state index contributed by atoms with van der Waals surface area (Å²) in [7, 11) is 0. The van der Waals surface area contributed by atoms with Gasteiger partial charge in [-0.3, -0.25) is 14.4 Å². The Hall–Kier alpha value is -2.76. The highest BCUT2D eigenvalue weighted by molar-refractivity contribution is 5.89. The Morgan fingerprint density at radius 2 is 1.73 bits per heavy atom. The molecule has 11 heteroatoms. The van der Waals surface area contributed by atoms with Crippen molar-refractivity contribution in [1.29, 1.82) is 0 Å². The first kappa shape index (κ1) is 31.2. The minimum absolute atomic E-state index is 0.0634. The van der Waals surface area contributed by atoms with Crippen LogP contribution in [-0.2, 0) is 42.9 Å². The van der Waals surface area contributed by atoms with Crippen LogP contribution < -0.4 is 0 Å². The first-order valence-corrected chi connectivity index (χ1v) is 14.3. The highest BCUT2D eigenvalue weighted by Crippen LogP contribution is 2.65. The highest BCUT2D eigenvalue weighted by atomic mass is 16.7. The number of hydrogen-bond donors (Lipinski definition) is 2. The standard InChI is InChI=1S/C30H42O11/c1-8-9-10-11-23(34)39-19-15-20(33)27(5)13-12-21(37-17(3)31)28(6,36)24(27)25(38-18(4)32)30-22(14-16(19)2)40-26(35)29(30,7)41-30/h12-14,19-22,24-25,33,36H,8-11,15H2,1-7H3/t19-,20+,21-,22+,24-,25+,27-,28-,29+,30+/m1/s1. The molecule has 10 atom stereocenters. The van der Waals surface area contributed by atoms with Crippen LogP contribution in [-0.4, -0.2) is 81.4 Å². The van der Waals surface area contributed by atoms with Crippen molar-refractivity contribution in [2.75, 3.05) is 0 Å². The van der Waals surface area contributed by atoms with Crippen LogP contribution in [0.15, 0.2) is 23.8 Å². The summed E-state index contributed by atoms with van der Waals surface area (Å²) >= 11 is 0. The van der Waals surface area contributed by atoms with Crippen molar-refractivity contribution in [3.05, 3.63) is 23.8 Å². The smallest absolute Gasteiger partial charge is 0.342 e. The lowest BCUT2D eigenvalue weighted by Crippen LogP contribution is -2.67. The van der Waals surface area contributed by atoms with Crippen LogP contribution in [0.5, 0.6) is 0 Å². The van der Waals surface area contributed by atoms with Gasteiger partial charge in [0.2, 0.25) is 0 Å². The van der Waals surface area contributed by atoms with Crippen molar-refractivity contribution in [3.8, 4) is 0 Å². The third-order valence-corrected chi connectivity index (χ3v) is 9.28. The Morgan fingerprint density at radius 1 is 1.07 bits per heavy atom. The number of carbonyl (C=O) groups is 4. The molecule has 2 aliphatic carbocycles. The largest absolute Gasteiger partial charge is 0.459 e. The quantitative estimate of drug-likeness (QED) is 0.150. The number of rotatable bonds is 7. The van der Waals surface area contributed by atoms with E-state index in [-0.39, 0.29) is 12.8 Å². The topological polar surface area (TPSA) is 158 Å². The fourth-order valence-corrected chi connectivity index (χ4v) is 6.94. The molecule has 228 valence electrons. The number of esters is 4. The summed E-state index contributed by atoms with van der Waals surface area (Å²) in [6.07, 6.45) is 1.63. The summed E-state index contributed by atoms with van der Waals surface area (Å²) in [6.45, 7) is 10.8. The first-order valence-electron chi connectivity index (χ1n) is 14.3. The zero-order valence-electron chi connectivity index (χ0n) is 24.8. The average Bonchev–Trinajstić information content (AvgIpc) is 3.45. The molecule has 11 nitrogen and oxygen atoms in total. The number of fused-ring (bicyclic) bond motifs is 1. The molecule has 0 unspecified atom stereocenters. The number of aliphatic hydroxyl groups is 2. The van der Waals surface area contributed by atoms with Crippen LogP contribution in [0.2, 0.25) is 0 Å². The van der Waals surface area contributed by atoms with Gasteiger partial charge in [-0.15, -0.1) is 0 Å². The van der Waals surface area contributed by atoms with Crippen LogP contribution in [0.3, 0.4) is 0 Å². The van der Waals surface area contributed by atoms with Gasteiger partial charge in [-0.1, -0.05) is 32.8 Å². The molecule has 0 aromatic heterocycles. The van der Waals surface area contributed by atoms with Crippen molar-refractivity contribution >= 4 is 23.9 Å². The molecule has 4 rings (SSSR count). The Balaban J connectivity index is 1.89. The second kappa shape index (κ2) is 10.8. The van der Waals surface area contributed by atoms with Crippen LogP contribution in [0.1, 0.15) is 80.6 Å². The maximum absolute atomic E-state index is 13.1. The predicted molar refractivity (Wildman–Crippen MR) is 143 cm³/mol. The van der Waals surface area contributed by atoms with E-state index in [9.17, 15) is 29.4 Å². The summed E-state index contributed by atoms with van der Waals surface area (Å²) in [4.78, 5) is 50.4. The lowest BCUT2D eigenvalue weighted by molar-refractivity contribution is -0.216. The zero-order chi connectivity index (χ0) is 30.5. The lowest BCUT2D eigenvalue weighted by atomic mass is 9.55. The molecule has 2 fully saturated rings. The third-order valence-electron chi connectivity index (χ3n) is 9.28. The molecule has 0 aromatic carbocycles. The first-order chi connectivity index (χ1) is 19.0. The maximum Gasteiger partial charge on any atom is 0.342 e. The molecule has 2 saturated heterocycles. The SMILES string of the molecule is CCCCCC(=O)O[C@@H]1C[C@H](O)[C@@]2(C)C=C[C@@H](OC(C)=O)[C@@](C)(O)[C@@H]2[C@H](OC(C)=O)[C@]23O[C@@]2(C)C(=O)O[C@H]3C=C1C. The molecule has 1 spiro atoms. The molecular weight excluding hydrogens is 536 g/mol. The molecule has 0 radical (unpaired) electrons. The Kier molecular flexibility index (Phi) is 8.23. The van der Waals surface area contributed by atoms with E-state index in [2.05, 4.69) is 0 Å². The molecule has 0 aromatic rings. The van der Waals surface area contributed by atoms with Crippen molar-refractivity contribution in [2.45, 2.75) is 128 Å². The van der Waals surface area contributed by atoms with Crippen LogP contribution >= 0.6 is 0 Å². The van der Waals surface area contributed by atoms with Gasteiger partial charge in [0.15, 0.2) is 17.3 Å². The Morgan fingerprint density at radius 3 is 2.32 bits per heavy atom. The number of unbranched alkanes of at least 4 members (excludes halogenated alkanes) is 2. The van der Waals surface area contributed by atoms with Crippen LogP contribution in [0.25, 0.3) is 0 Å². The van der Waals surface area contributed by atoms with Gasteiger partial charge in [-0.2, -0.15) is 0 Å². The number of epoxide rings is 1. The molecule has 2 heterocycles. The number of hydrogen-bond acceptors (Lipinski definition) is 11. The normalized spacial score (nSPS) is 43.0. The highest BCUT2D eigenvalue weighted by Gasteiger charge is 2.87. The summed E-state index contributed by atoms with van der Waals surface area (Å²) < 4.78 is 29.1. The molecule has 0 bridgehead atoms. The van der Waals surface area contributed by atoms with Crippen molar-refractivity contribution in [1.82, 2.24) is 0 Å². The second-order valence-electron chi connectivity index (χ2n) is 12.3. The average molecular weight is 579 g/mol. The molecule has 0 amide bonds. The van der Waals surface area contributed by atoms with Gasteiger partial charge in [0, 0.05) is 38.0 Å². The van der Waals surface area contributed by atoms with Crippen molar-refractivity contribution < 1.29 is 53.1 Å². The summed E-state index contributed by atoms with van der Waals surface area (Å²) in [6, 6.07) is 0. The van der Waals surface area contributed by atoms with E-state index >= 15 is 0 Å². The van der Waals surface area contributed by atoms with E-state index in [1.807, 2.05) is 6.92 Å². The van der Waals surface area contributed by atoms with Gasteiger partial charge in [0.25, 0.3) is 0 Å². The zero-order valence-corrected chi connectivity index (χ0v) is 24.8. The molecular formula is C30H42O11. The van der Waals surface area contributed by atoms with E-state index in [1.54, 1.807) is 26.0 Å². The predicted octanol–water partition coefficient (Wildman–Crippen LogP) is 2.45. The monoisotopic (exact) mass is 578 g/mol. The van der Waals surface area contributed by atoms with Gasteiger partial charge in [-0.05, 0) is 44.9 Å². The summed E-state index contributed by atoms with van der Waals surface area (Å²) in [5.41, 5.74) is -5.84. The van der Waals surface area contributed by atoms with Gasteiger partial charge in [-0.25, -0.2) is 4.79 Å². The third kappa shape index (κ3) is 5.10. The second-order valence-corrected chi connectivity index (χ2v) is 12.3. The van der Waals surface area contributed by atoms with Gasteiger partial charge in [0.1, 0.15) is 23.9 Å². The number of carbonyl (C=O) groups excluding carboxylic acids is 4. The summed E-state index contributed by atoms with van der Waals surface area (Å²) in [5.74, 6) is -3.63. The minimum atomic E-state index is -1.92. The van der Waals surface area contributed by atoms with E-state index in [0.717, 1.165) is 12.8 Å². The molecule has 2 N–H and O–H groups in total. The van der Waals surface area contributed by atoms with Crippen molar-refractivity contribution in [2.24, 2.45) is 11.3 Å². The van der Waals surface area contributed by atoms with E-state index in [0.29, 0.717) is 12.0 Å². The molecule has 0 saturated carbocycles. The number of aliphatic hydroxyl groups excluding tert-OH is 1. The van der Waals surface area contributed by atoms with Gasteiger partial charge >= 0.3 is 23.9 Å². The van der Waals surface area contributed by atoms with E-state index in [1.165, 1.54) is 33.8 Å². The van der Waals surface area contributed by atoms with Crippen molar-refractivity contribution in [3.63, 3.8) is 0 Å². The Bertz CT molecular complexity index is 1160. The lowest BCUT2D eigenvalue weighted by Gasteiger charge is -2.54. The minimum Gasteiger partial charge on any atom is -0.459 e.